The third kappa shape index (κ3) is 3.44. The molecule has 1 aromatic carbocycles. The van der Waals surface area contributed by atoms with E-state index in [2.05, 4.69) is 5.32 Å². The van der Waals surface area contributed by atoms with Gasteiger partial charge in [-0.1, -0.05) is 0 Å². The van der Waals surface area contributed by atoms with Crippen molar-refractivity contribution in [3.8, 4) is 5.75 Å². The monoisotopic (exact) mass is 209 g/mol. The van der Waals surface area contributed by atoms with E-state index in [4.69, 9.17) is 4.74 Å². The Morgan fingerprint density at radius 2 is 1.80 bits per heavy atom. The Morgan fingerprint density at radius 3 is 2.20 bits per heavy atom. The van der Waals surface area contributed by atoms with E-state index in [1.165, 1.54) is 0 Å². The molecule has 0 spiro atoms. The van der Waals surface area contributed by atoms with Crippen molar-refractivity contribution in [2.75, 3.05) is 12.4 Å². The van der Waals surface area contributed by atoms with Crippen LogP contribution in [-0.2, 0) is 0 Å². The molecule has 1 aromatic rings. The number of aliphatic hydroxyl groups is 1. The molecule has 0 aromatic heterocycles. The second-order valence-electron chi connectivity index (χ2n) is 4.25. The van der Waals surface area contributed by atoms with Crippen molar-refractivity contribution in [2.24, 2.45) is 0 Å². The van der Waals surface area contributed by atoms with Gasteiger partial charge in [-0.25, -0.2) is 0 Å². The van der Waals surface area contributed by atoms with Crippen LogP contribution in [0.25, 0.3) is 0 Å². The fourth-order valence-corrected chi connectivity index (χ4v) is 1.11. The summed E-state index contributed by atoms with van der Waals surface area (Å²) in [6.07, 6.45) is 0. The molecule has 0 saturated heterocycles. The molecule has 0 aliphatic rings. The van der Waals surface area contributed by atoms with Gasteiger partial charge in [0.1, 0.15) is 5.75 Å². The zero-order chi connectivity index (χ0) is 11.5. The third-order valence-corrected chi connectivity index (χ3v) is 2.53. The minimum absolute atomic E-state index is 0.00843. The summed E-state index contributed by atoms with van der Waals surface area (Å²) in [5, 5.41) is 13.0. The zero-order valence-corrected chi connectivity index (χ0v) is 9.74. The van der Waals surface area contributed by atoms with E-state index >= 15 is 0 Å². The van der Waals surface area contributed by atoms with Gasteiger partial charge < -0.3 is 15.2 Å². The molecule has 0 heterocycles. The van der Waals surface area contributed by atoms with Crippen LogP contribution in [-0.4, -0.2) is 23.9 Å². The molecule has 0 aliphatic carbocycles. The third-order valence-electron chi connectivity index (χ3n) is 2.53. The van der Waals surface area contributed by atoms with Crippen LogP contribution in [0.5, 0.6) is 5.75 Å². The maximum absolute atomic E-state index is 9.76. The topological polar surface area (TPSA) is 41.5 Å². The number of methoxy groups -OCH3 is 1. The summed E-state index contributed by atoms with van der Waals surface area (Å²) in [5.74, 6) is 0.830. The fraction of sp³-hybridized carbons (Fsp3) is 0.500. The molecule has 84 valence electrons. The number of hydrogen-bond acceptors (Lipinski definition) is 3. The molecule has 1 unspecified atom stereocenters. The predicted octanol–water partition coefficient (Wildman–Crippen LogP) is 2.27. The molecule has 0 fully saturated rings. The lowest BCUT2D eigenvalue weighted by molar-refractivity contribution is 0.0649. The summed E-state index contributed by atoms with van der Waals surface area (Å²) >= 11 is 0. The molecule has 15 heavy (non-hydrogen) atoms. The first-order valence-corrected chi connectivity index (χ1v) is 5.06. The van der Waals surface area contributed by atoms with Crippen LogP contribution >= 0.6 is 0 Å². The minimum atomic E-state index is -0.736. The van der Waals surface area contributed by atoms with Crippen molar-refractivity contribution >= 4 is 5.69 Å². The number of nitrogens with one attached hydrogen (secondary N) is 1. The summed E-state index contributed by atoms with van der Waals surface area (Å²) in [6, 6.07) is 7.63. The van der Waals surface area contributed by atoms with Gasteiger partial charge >= 0.3 is 0 Å². The Balaban J connectivity index is 2.65. The second kappa shape index (κ2) is 4.53. The molecule has 0 saturated carbocycles. The van der Waals surface area contributed by atoms with Crippen LogP contribution in [0.15, 0.2) is 24.3 Å². The Labute approximate surface area is 91.1 Å². The first-order valence-electron chi connectivity index (χ1n) is 5.06. The summed E-state index contributed by atoms with van der Waals surface area (Å²) in [6.45, 7) is 5.52. The Bertz CT molecular complexity index is 300. The Kier molecular flexibility index (Phi) is 3.58. The predicted molar refractivity (Wildman–Crippen MR) is 62.4 cm³/mol. The average Bonchev–Trinajstić information content (AvgIpc) is 2.17. The van der Waals surface area contributed by atoms with Gasteiger partial charge in [0.25, 0.3) is 0 Å². The maximum Gasteiger partial charge on any atom is 0.119 e. The first-order chi connectivity index (χ1) is 6.93. The molecule has 0 bridgehead atoms. The molecule has 2 N–H and O–H groups in total. The van der Waals surface area contributed by atoms with Gasteiger partial charge in [-0.3, -0.25) is 0 Å². The summed E-state index contributed by atoms with van der Waals surface area (Å²) in [4.78, 5) is 0. The van der Waals surface area contributed by atoms with Crippen LogP contribution in [0.3, 0.4) is 0 Å². The number of anilines is 1. The smallest absolute Gasteiger partial charge is 0.119 e. The summed E-state index contributed by atoms with van der Waals surface area (Å²) in [5.41, 5.74) is 0.241. The van der Waals surface area contributed by atoms with E-state index in [0.29, 0.717) is 0 Å². The van der Waals surface area contributed by atoms with Gasteiger partial charge in [-0.05, 0) is 45.0 Å². The van der Waals surface area contributed by atoms with E-state index in [1.54, 1.807) is 21.0 Å². The maximum atomic E-state index is 9.76. The second-order valence-corrected chi connectivity index (χ2v) is 4.25. The van der Waals surface area contributed by atoms with Gasteiger partial charge in [0.15, 0.2) is 0 Å². The summed E-state index contributed by atoms with van der Waals surface area (Å²) in [7, 11) is 1.64. The van der Waals surface area contributed by atoms with Gasteiger partial charge in [0.2, 0.25) is 0 Å². The normalized spacial score (nSPS) is 13.4. The van der Waals surface area contributed by atoms with E-state index < -0.39 is 5.60 Å². The van der Waals surface area contributed by atoms with Crippen LogP contribution in [0.1, 0.15) is 20.8 Å². The standard InChI is InChI=1S/C12H19NO2/c1-9(12(2,3)14)13-10-5-7-11(15-4)8-6-10/h5-9,13-14H,1-4H3. The van der Waals surface area contributed by atoms with E-state index in [1.807, 2.05) is 31.2 Å². The van der Waals surface area contributed by atoms with Crippen molar-refractivity contribution in [1.82, 2.24) is 0 Å². The molecule has 0 aliphatic heterocycles. The van der Waals surface area contributed by atoms with Crippen LogP contribution in [0.2, 0.25) is 0 Å². The quantitative estimate of drug-likeness (QED) is 0.799. The molecule has 0 amide bonds. The highest BCUT2D eigenvalue weighted by atomic mass is 16.5. The lowest BCUT2D eigenvalue weighted by Crippen LogP contribution is -2.39. The lowest BCUT2D eigenvalue weighted by Gasteiger charge is -2.27. The van der Waals surface area contributed by atoms with Crippen LogP contribution < -0.4 is 10.1 Å². The van der Waals surface area contributed by atoms with Crippen molar-refractivity contribution in [3.05, 3.63) is 24.3 Å². The minimum Gasteiger partial charge on any atom is -0.497 e. The van der Waals surface area contributed by atoms with Crippen molar-refractivity contribution in [3.63, 3.8) is 0 Å². The van der Waals surface area contributed by atoms with Gasteiger partial charge in [0.05, 0.1) is 18.8 Å². The van der Waals surface area contributed by atoms with Gasteiger partial charge in [0, 0.05) is 5.69 Å². The van der Waals surface area contributed by atoms with E-state index in [-0.39, 0.29) is 6.04 Å². The zero-order valence-electron chi connectivity index (χ0n) is 9.74. The highest BCUT2D eigenvalue weighted by Gasteiger charge is 2.21. The van der Waals surface area contributed by atoms with Gasteiger partial charge in [-0.15, -0.1) is 0 Å². The molecule has 1 rings (SSSR count). The highest BCUT2D eigenvalue weighted by molar-refractivity contribution is 5.47. The number of hydrogen-bond donors (Lipinski definition) is 2. The first kappa shape index (κ1) is 11.9. The molecular formula is C12H19NO2. The SMILES string of the molecule is COc1ccc(NC(C)C(C)(C)O)cc1. The highest BCUT2D eigenvalue weighted by Crippen LogP contribution is 2.18. The van der Waals surface area contributed by atoms with E-state index in [9.17, 15) is 5.11 Å². The largest absolute Gasteiger partial charge is 0.497 e. The Morgan fingerprint density at radius 1 is 1.27 bits per heavy atom. The van der Waals surface area contributed by atoms with Crippen molar-refractivity contribution < 1.29 is 9.84 Å². The van der Waals surface area contributed by atoms with Crippen LogP contribution in [0.4, 0.5) is 5.69 Å². The molecule has 3 nitrogen and oxygen atoms in total. The summed E-state index contributed by atoms with van der Waals surface area (Å²) < 4.78 is 5.06. The fourth-order valence-electron chi connectivity index (χ4n) is 1.11. The number of rotatable bonds is 4. The molecule has 0 radical (unpaired) electrons. The van der Waals surface area contributed by atoms with Crippen molar-refractivity contribution in [2.45, 2.75) is 32.4 Å². The van der Waals surface area contributed by atoms with Crippen molar-refractivity contribution in [1.29, 1.82) is 0 Å². The van der Waals surface area contributed by atoms with E-state index in [0.717, 1.165) is 11.4 Å². The lowest BCUT2D eigenvalue weighted by atomic mass is 10.0. The molecule has 1 atom stereocenters. The Hall–Kier alpha value is -1.22. The number of ether oxygens (including phenoxy) is 1. The average molecular weight is 209 g/mol. The van der Waals surface area contributed by atoms with Gasteiger partial charge in [-0.2, -0.15) is 0 Å². The number of benzene rings is 1. The molecule has 3 heteroatoms. The van der Waals surface area contributed by atoms with Crippen LogP contribution in [0, 0.1) is 0 Å². The molecular weight excluding hydrogens is 190 g/mol.